The van der Waals surface area contributed by atoms with Gasteiger partial charge in [0, 0.05) is 5.54 Å². The van der Waals surface area contributed by atoms with E-state index in [1.165, 1.54) is 5.56 Å². The summed E-state index contributed by atoms with van der Waals surface area (Å²) in [6, 6.07) is 8.10. The van der Waals surface area contributed by atoms with Crippen molar-refractivity contribution in [3.05, 3.63) is 35.4 Å². The van der Waals surface area contributed by atoms with Crippen LogP contribution in [-0.4, -0.2) is 17.4 Å². The molecule has 0 bridgehead atoms. The van der Waals surface area contributed by atoms with Crippen molar-refractivity contribution in [2.24, 2.45) is 4.99 Å². The van der Waals surface area contributed by atoms with Crippen molar-refractivity contribution in [3.8, 4) is 0 Å². The van der Waals surface area contributed by atoms with Gasteiger partial charge in [0.05, 0.1) is 0 Å². The van der Waals surface area contributed by atoms with E-state index in [9.17, 15) is 4.79 Å². The minimum Gasteiger partial charge on any atom is -0.351 e. The summed E-state index contributed by atoms with van der Waals surface area (Å²) in [7, 11) is 0. The number of aryl methyl sites for hydroxylation is 1. The SMILES string of the molecule is CC(C)(C)NC1=NC2(CCc3ccccc32)C(=O)N1. The van der Waals surface area contributed by atoms with Gasteiger partial charge in [-0.25, -0.2) is 4.99 Å². The van der Waals surface area contributed by atoms with E-state index in [-0.39, 0.29) is 11.4 Å². The second kappa shape index (κ2) is 3.83. The number of nitrogens with zero attached hydrogens (tertiary/aromatic N) is 1. The number of rotatable bonds is 0. The fourth-order valence-electron chi connectivity index (χ4n) is 2.84. The number of amides is 1. The third-order valence-electron chi connectivity index (χ3n) is 3.62. The highest BCUT2D eigenvalue weighted by Crippen LogP contribution is 2.42. The highest BCUT2D eigenvalue weighted by atomic mass is 16.2. The summed E-state index contributed by atoms with van der Waals surface area (Å²) in [6.45, 7) is 6.15. The van der Waals surface area contributed by atoms with Gasteiger partial charge in [0.1, 0.15) is 0 Å². The second-order valence-electron chi connectivity index (χ2n) is 6.31. The molecule has 2 N–H and O–H groups in total. The van der Waals surface area contributed by atoms with Gasteiger partial charge in [-0.05, 0) is 44.7 Å². The van der Waals surface area contributed by atoms with Crippen LogP contribution in [0.5, 0.6) is 0 Å². The van der Waals surface area contributed by atoms with Gasteiger partial charge in [-0.2, -0.15) is 0 Å². The zero-order valence-electron chi connectivity index (χ0n) is 11.6. The molecule has 19 heavy (non-hydrogen) atoms. The summed E-state index contributed by atoms with van der Waals surface area (Å²) >= 11 is 0. The Labute approximate surface area is 113 Å². The molecule has 1 atom stereocenters. The molecule has 0 fully saturated rings. The van der Waals surface area contributed by atoms with E-state index < -0.39 is 5.54 Å². The maximum atomic E-state index is 12.4. The summed E-state index contributed by atoms with van der Waals surface area (Å²) < 4.78 is 0. The Bertz CT molecular complexity index is 571. The highest BCUT2D eigenvalue weighted by molar-refractivity contribution is 6.08. The molecule has 1 aliphatic heterocycles. The lowest BCUT2D eigenvalue weighted by Gasteiger charge is -2.21. The number of nitrogens with one attached hydrogen (secondary N) is 2. The van der Waals surface area contributed by atoms with Crippen LogP contribution in [0.1, 0.15) is 38.3 Å². The molecule has 0 aromatic heterocycles. The average molecular weight is 257 g/mol. The summed E-state index contributed by atoms with van der Waals surface area (Å²) in [5.41, 5.74) is 1.47. The number of carbonyl (C=O) groups is 1. The number of fused-ring (bicyclic) bond motifs is 2. The topological polar surface area (TPSA) is 53.5 Å². The molecule has 1 aliphatic carbocycles. The van der Waals surface area contributed by atoms with Crippen LogP contribution < -0.4 is 10.6 Å². The summed E-state index contributed by atoms with van der Waals surface area (Å²) in [5, 5.41) is 6.13. The molecule has 3 rings (SSSR count). The number of hydrogen-bond donors (Lipinski definition) is 2. The van der Waals surface area contributed by atoms with Crippen molar-refractivity contribution >= 4 is 11.9 Å². The molecule has 100 valence electrons. The first-order valence-corrected chi connectivity index (χ1v) is 6.69. The number of hydrogen-bond acceptors (Lipinski definition) is 3. The van der Waals surface area contributed by atoms with Crippen LogP contribution in [0, 0.1) is 0 Å². The molecule has 4 heteroatoms. The maximum Gasteiger partial charge on any atom is 0.259 e. The van der Waals surface area contributed by atoms with Crippen LogP contribution in [-0.2, 0) is 16.8 Å². The van der Waals surface area contributed by atoms with E-state index in [2.05, 4.69) is 42.5 Å². The Morgan fingerprint density at radius 1 is 1.32 bits per heavy atom. The van der Waals surface area contributed by atoms with Gasteiger partial charge in [0.15, 0.2) is 11.5 Å². The molecular weight excluding hydrogens is 238 g/mol. The minimum absolute atomic E-state index is 0.01000. The van der Waals surface area contributed by atoms with Gasteiger partial charge in [0.25, 0.3) is 5.91 Å². The third kappa shape index (κ3) is 1.91. The van der Waals surface area contributed by atoms with Gasteiger partial charge < -0.3 is 5.32 Å². The molecule has 2 aliphatic rings. The van der Waals surface area contributed by atoms with Gasteiger partial charge in [-0.15, -0.1) is 0 Å². The summed E-state index contributed by atoms with van der Waals surface area (Å²) in [4.78, 5) is 17.1. The molecule has 0 saturated heterocycles. The van der Waals surface area contributed by atoms with Crippen molar-refractivity contribution in [1.29, 1.82) is 0 Å². The first kappa shape index (κ1) is 12.2. The van der Waals surface area contributed by atoms with Crippen LogP contribution in [0.15, 0.2) is 29.3 Å². The highest BCUT2D eigenvalue weighted by Gasteiger charge is 2.49. The first-order chi connectivity index (χ1) is 8.91. The van der Waals surface area contributed by atoms with E-state index in [1.807, 2.05) is 18.2 Å². The molecule has 1 spiro atoms. The zero-order valence-corrected chi connectivity index (χ0v) is 11.6. The average Bonchev–Trinajstić information content (AvgIpc) is 2.81. The van der Waals surface area contributed by atoms with Crippen LogP contribution in [0.2, 0.25) is 0 Å². The lowest BCUT2D eigenvalue weighted by Crippen LogP contribution is -2.47. The van der Waals surface area contributed by atoms with Gasteiger partial charge >= 0.3 is 0 Å². The molecule has 1 amide bonds. The van der Waals surface area contributed by atoms with Crippen LogP contribution in [0.4, 0.5) is 0 Å². The number of aliphatic imine (C=N–C) groups is 1. The van der Waals surface area contributed by atoms with Gasteiger partial charge in [-0.3, -0.25) is 10.1 Å². The monoisotopic (exact) mass is 257 g/mol. The van der Waals surface area contributed by atoms with E-state index in [0.717, 1.165) is 18.4 Å². The molecule has 1 aromatic carbocycles. The summed E-state index contributed by atoms with van der Waals surface area (Å²) in [5.74, 6) is 0.582. The predicted molar refractivity (Wildman–Crippen MR) is 74.9 cm³/mol. The zero-order chi connectivity index (χ0) is 13.7. The minimum atomic E-state index is -0.704. The van der Waals surface area contributed by atoms with Gasteiger partial charge in [0.2, 0.25) is 0 Å². The first-order valence-electron chi connectivity index (χ1n) is 6.69. The van der Waals surface area contributed by atoms with Crippen molar-refractivity contribution in [2.45, 2.75) is 44.7 Å². The smallest absolute Gasteiger partial charge is 0.259 e. The second-order valence-corrected chi connectivity index (χ2v) is 6.31. The Balaban J connectivity index is 2.00. The molecule has 1 unspecified atom stereocenters. The Hall–Kier alpha value is -1.84. The molecule has 1 aromatic rings. The maximum absolute atomic E-state index is 12.4. The van der Waals surface area contributed by atoms with Crippen molar-refractivity contribution in [1.82, 2.24) is 10.6 Å². The van der Waals surface area contributed by atoms with Crippen molar-refractivity contribution in [3.63, 3.8) is 0 Å². The van der Waals surface area contributed by atoms with Crippen molar-refractivity contribution in [2.75, 3.05) is 0 Å². The molecule has 0 radical (unpaired) electrons. The molecule has 4 nitrogen and oxygen atoms in total. The van der Waals surface area contributed by atoms with Gasteiger partial charge in [-0.1, -0.05) is 24.3 Å². The fraction of sp³-hybridized carbons (Fsp3) is 0.467. The number of carbonyl (C=O) groups excluding carboxylic acids is 1. The largest absolute Gasteiger partial charge is 0.351 e. The van der Waals surface area contributed by atoms with Crippen LogP contribution >= 0.6 is 0 Å². The molecular formula is C15H19N3O. The standard InChI is InChI=1S/C15H19N3O/c1-14(2,3)17-13-16-12(19)15(18-13)9-8-10-6-4-5-7-11(10)15/h4-7H,8-9H2,1-3H3,(H2,16,17,18,19). The normalized spacial score (nSPS) is 25.2. The van der Waals surface area contributed by atoms with Crippen LogP contribution in [0.25, 0.3) is 0 Å². The van der Waals surface area contributed by atoms with Crippen LogP contribution in [0.3, 0.4) is 0 Å². The lowest BCUT2D eigenvalue weighted by molar-refractivity contribution is -0.124. The number of benzene rings is 1. The summed E-state index contributed by atoms with van der Waals surface area (Å²) in [6.07, 6.45) is 1.67. The van der Waals surface area contributed by atoms with E-state index in [1.54, 1.807) is 0 Å². The van der Waals surface area contributed by atoms with E-state index in [0.29, 0.717) is 5.96 Å². The van der Waals surface area contributed by atoms with E-state index in [4.69, 9.17) is 0 Å². The molecule has 1 heterocycles. The predicted octanol–water partition coefficient (Wildman–Crippen LogP) is 1.70. The third-order valence-corrected chi connectivity index (χ3v) is 3.62. The lowest BCUT2D eigenvalue weighted by atomic mass is 9.92. The Kier molecular flexibility index (Phi) is 2.46. The molecule has 0 saturated carbocycles. The Morgan fingerprint density at radius 2 is 2.05 bits per heavy atom. The van der Waals surface area contributed by atoms with Crippen molar-refractivity contribution < 1.29 is 4.79 Å². The Morgan fingerprint density at radius 3 is 2.79 bits per heavy atom. The van der Waals surface area contributed by atoms with E-state index >= 15 is 0 Å². The number of guanidine groups is 1. The fourth-order valence-corrected chi connectivity index (χ4v) is 2.84. The quantitative estimate of drug-likeness (QED) is 0.743.